The van der Waals surface area contributed by atoms with E-state index in [4.69, 9.17) is 0 Å². The van der Waals surface area contributed by atoms with E-state index in [0.29, 0.717) is 9.80 Å². The van der Waals surface area contributed by atoms with Crippen LogP contribution in [0.3, 0.4) is 0 Å². The van der Waals surface area contributed by atoms with Crippen LogP contribution in [0.1, 0.15) is 4.28 Å². The maximum atomic E-state index is 10.7. The Balaban J connectivity index is -0.0000000945. The first kappa shape index (κ1) is 43.2. The van der Waals surface area contributed by atoms with Gasteiger partial charge in [0.25, 0.3) is 0 Å². The predicted molar refractivity (Wildman–Crippen MR) is 96.6 cm³/mol. The normalized spacial score (nSPS) is 12.1. The van der Waals surface area contributed by atoms with E-state index in [2.05, 4.69) is 0 Å². The minimum atomic E-state index is -5.30. The molecule has 0 heterocycles. The molecule has 0 aromatic rings. The molecule has 20 N–H and O–H groups in total. The van der Waals surface area contributed by atoms with Crippen molar-refractivity contribution in [1.82, 2.24) is 40.6 Å². The van der Waals surface area contributed by atoms with Crippen LogP contribution >= 0.6 is 30.4 Å². The fraction of sp³-hybridized carbons (Fsp3) is 1.00. The van der Waals surface area contributed by atoms with Gasteiger partial charge in [-0.3, -0.25) is 9.80 Å². The number of rotatable bonds is 11. The average Bonchev–Trinajstić information content (AvgIpc) is 2.16. The fourth-order valence-electron chi connectivity index (χ4n) is 1.63. The summed E-state index contributed by atoms with van der Waals surface area (Å²) in [5, 5.41) is 0. The predicted octanol–water partition coefficient (Wildman–Crippen LogP) is -4.71. The molecule has 0 amide bonds. The van der Waals surface area contributed by atoms with Crippen LogP contribution in [0.2, 0.25) is 0 Å². The van der Waals surface area contributed by atoms with Crippen LogP contribution in [-0.4, -0.2) is 48.0 Å². The number of hydrogen-bond acceptors (Lipinski definition) is 14. The van der Waals surface area contributed by atoms with E-state index < -0.39 is 68.6 Å². The van der Waals surface area contributed by atoms with Gasteiger partial charge < -0.3 is 88.2 Å². The van der Waals surface area contributed by atoms with Crippen LogP contribution in [0.25, 0.3) is 0 Å². The maximum Gasteiger partial charge on any atom is 1.00 e. The molecule has 0 radical (unpaired) electrons. The molecule has 29 heavy (non-hydrogen) atoms. The van der Waals surface area contributed by atoms with Gasteiger partial charge >= 0.3 is 4.28 Å². The van der Waals surface area contributed by atoms with Gasteiger partial charge in [0.15, 0.2) is 0 Å². The molecule has 0 bridgehead atoms. The molecule has 0 atom stereocenters. The lowest BCUT2D eigenvalue weighted by Crippen LogP contribution is -2.43. The van der Waals surface area contributed by atoms with Crippen LogP contribution in [-0.2, 0) is 18.3 Å². The molecule has 0 aliphatic carbocycles. The topological polar surface area (TPSA) is 442 Å². The van der Waals surface area contributed by atoms with E-state index in [9.17, 15) is 57.4 Å². The van der Waals surface area contributed by atoms with Gasteiger partial charge in [-0.2, -0.15) is 0 Å². The Morgan fingerprint density at radius 1 is 0.448 bits per heavy atom. The van der Waals surface area contributed by atoms with Crippen LogP contribution in [0.4, 0.5) is 0 Å². The van der Waals surface area contributed by atoms with Crippen molar-refractivity contribution in [2.45, 2.75) is 0 Å². The quantitative estimate of drug-likeness (QED) is 0.159. The van der Waals surface area contributed by atoms with E-state index in [1.54, 1.807) is 0 Å². The molecule has 186 valence electrons. The third-order valence-corrected chi connectivity index (χ3v) is 5.21. The van der Waals surface area contributed by atoms with E-state index in [0.717, 1.165) is 0 Å². The van der Waals surface area contributed by atoms with Gasteiger partial charge in [0, 0.05) is 38.2 Å². The van der Waals surface area contributed by atoms with Crippen molar-refractivity contribution in [1.29, 1.82) is 0 Å². The molecule has 0 saturated heterocycles. The highest BCUT2D eigenvalue weighted by Crippen LogP contribution is 2.32. The lowest BCUT2D eigenvalue weighted by atomic mass is 10.5. The first-order chi connectivity index (χ1) is 10.4. The molecule has 0 rings (SSSR count). The SMILES string of the molecule is O=P([O-])([O-])CN(CCN(CP(=O)([O-])[O-])CP(=O)([O-])[O-])CP(=O)([O-])[O-].[H+].[H+].[H+].[NH4+].[NH4+].[NH4+].[NH4+].[NH4+]. The summed E-state index contributed by atoms with van der Waals surface area (Å²) in [7, 11) is -21.2. The molecule has 0 aromatic carbocycles. The van der Waals surface area contributed by atoms with Crippen molar-refractivity contribution in [3.05, 3.63) is 0 Å². The van der Waals surface area contributed by atoms with Gasteiger partial charge in [-0.25, -0.2) is 0 Å². The summed E-state index contributed by atoms with van der Waals surface area (Å²) in [6.07, 6.45) is -5.63. The fourth-order valence-corrected chi connectivity index (χ4v) is 4.88. The van der Waals surface area contributed by atoms with Crippen molar-refractivity contribution >= 4 is 30.4 Å². The van der Waals surface area contributed by atoms with Gasteiger partial charge in [0.2, 0.25) is 0 Å². The standard InChI is InChI=1S/C6H20N2O12P4.5H3N/c9-21(10,11)3-7(4-22(12,13)14)1-2-8(5-23(15,16)17)6-24(18,19)20;;;;;/h1-6H2,(H2,9,10,11)(H2,12,13,14)(H2,15,16,17)(H2,18,19,20);5*1H3. The lowest BCUT2D eigenvalue weighted by Gasteiger charge is -2.44. The molecule has 0 aliphatic rings. The first-order valence-corrected chi connectivity index (χ1v) is 12.8. The van der Waals surface area contributed by atoms with Gasteiger partial charge in [-0.15, -0.1) is 0 Å². The molecule has 0 spiro atoms. The van der Waals surface area contributed by atoms with Crippen LogP contribution < -0.4 is 69.9 Å². The summed E-state index contributed by atoms with van der Waals surface area (Å²) in [5.41, 5.74) is 0. The van der Waals surface area contributed by atoms with Crippen molar-refractivity contribution in [2.24, 2.45) is 0 Å². The number of nitrogens with zero attached hydrogens (tertiary/aromatic N) is 2. The second-order valence-corrected chi connectivity index (χ2v) is 10.8. The monoisotopic (exact) mass is 521 g/mol. The molecule has 0 unspecified atom stereocenters. The van der Waals surface area contributed by atoms with Gasteiger partial charge in [-0.05, 0) is 0 Å². The minimum absolute atomic E-state index is 0. The molecule has 0 aromatic heterocycles. The average molecular weight is 521 g/mol. The summed E-state index contributed by atoms with van der Waals surface area (Å²) in [4.78, 5) is 85.9. The lowest BCUT2D eigenvalue weighted by molar-refractivity contribution is -0.322. The Labute approximate surface area is 171 Å². The molecule has 19 nitrogen and oxygen atoms in total. The smallest absolute Gasteiger partial charge is 0.810 e. The second kappa shape index (κ2) is 16.0. The Bertz CT molecular complexity index is 514. The Morgan fingerprint density at radius 2 is 0.586 bits per heavy atom. The van der Waals surface area contributed by atoms with Crippen molar-refractivity contribution < 1.29 is 61.7 Å². The zero-order chi connectivity index (χ0) is 19.4. The number of quaternary nitrogens is 5. The highest BCUT2D eigenvalue weighted by atomic mass is 31.2. The molecule has 23 heteroatoms. The summed E-state index contributed by atoms with van der Waals surface area (Å²) in [6.45, 7) is -1.55. The van der Waals surface area contributed by atoms with Gasteiger partial charge in [0.1, 0.15) is 0 Å². The van der Waals surface area contributed by atoms with Gasteiger partial charge in [0.05, 0.1) is 0 Å². The Kier molecular flexibility index (Phi) is 23.9. The highest BCUT2D eigenvalue weighted by molar-refractivity contribution is 7.50. The largest absolute Gasteiger partial charge is 1.00 e. The molecular weight excluding hydrogens is 486 g/mol. The molecule has 0 aliphatic heterocycles. The molecular formula is C6H35N7O12P4. The summed E-state index contributed by atoms with van der Waals surface area (Å²) >= 11 is 0. The van der Waals surface area contributed by atoms with Crippen molar-refractivity contribution in [3.8, 4) is 0 Å². The Hall–Kier alpha value is 0.320. The van der Waals surface area contributed by atoms with Crippen molar-refractivity contribution in [3.63, 3.8) is 0 Å². The zero-order valence-corrected chi connectivity index (χ0v) is 20.4. The summed E-state index contributed by atoms with van der Waals surface area (Å²) in [5.74, 6) is 0. The molecule has 0 fully saturated rings. The number of hydrogen-bond donors (Lipinski definition) is 5. The van der Waals surface area contributed by atoms with E-state index >= 15 is 0 Å². The second-order valence-electron chi connectivity index (χ2n) is 4.80. The van der Waals surface area contributed by atoms with Crippen molar-refractivity contribution in [2.75, 3.05) is 38.2 Å². The molecule has 0 saturated carbocycles. The first-order valence-electron chi connectivity index (χ1n) is 5.85. The highest BCUT2D eigenvalue weighted by Gasteiger charge is 2.14. The third kappa shape index (κ3) is 30.6. The minimum Gasteiger partial charge on any atom is -0.810 e. The Morgan fingerprint density at radius 3 is 0.690 bits per heavy atom. The van der Waals surface area contributed by atoms with E-state index in [-0.39, 0.29) is 35.0 Å². The van der Waals surface area contributed by atoms with Crippen LogP contribution in [0, 0.1) is 0 Å². The van der Waals surface area contributed by atoms with E-state index in [1.165, 1.54) is 0 Å². The van der Waals surface area contributed by atoms with Crippen LogP contribution in [0.5, 0.6) is 0 Å². The summed E-state index contributed by atoms with van der Waals surface area (Å²) in [6, 6.07) is 0. The van der Waals surface area contributed by atoms with E-state index in [1.807, 2.05) is 0 Å². The van der Waals surface area contributed by atoms with Crippen LogP contribution in [0.15, 0.2) is 0 Å². The maximum absolute atomic E-state index is 10.7. The summed E-state index contributed by atoms with van der Waals surface area (Å²) < 4.78 is 42.7. The zero-order valence-electron chi connectivity index (χ0n) is 19.8. The third-order valence-electron chi connectivity index (χ3n) is 2.23. The van der Waals surface area contributed by atoms with Gasteiger partial charge in [-0.1, -0.05) is 30.4 Å².